The summed E-state index contributed by atoms with van der Waals surface area (Å²) in [5.41, 5.74) is 2.74. The van der Waals surface area contributed by atoms with Crippen LogP contribution in [-0.2, 0) is 13.2 Å². The van der Waals surface area contributed by atoms with E-state index in [0.29, 0.717) is 23.9 Å². The summed E-state index contributed by atoms with van der Waals surface area (Å²) in [6.07, 6.45) is 3.43. The van der Waals surface area contributed by atoms with Crippen LogP contribution >= 0.6 is 11.6 Å². The minimum atomic E-state index is 0.127. The number of nitrogens with zero attached hydrogens (tertiary/aromatic N) is 3. The predicted octanol–water partition coefficient (Wildman–Crippen LogP) is 6.12. The summed E-state index contributed by atoms with van der Waals surface area (Å²) >= 11 is 5.66. The highest BCUT2D eigenvalue weighted by atomic mass is 35.5. The highest BCUT2D eigenvalue weighted by Crippen LogP contribution is 2.21. The Labute approximate surface area is 273 Å². The van der Waals surface area contributed by atoms with Crippen LogP contribution in [0.5, 0.6) is 11.5 Å². The number of aromatic nitrogens is 2. The van der Waals surface area contributed by atoms with Crippen molar-refractivity contribution >= 4 is 17.4 Å². The molecule has 0 unspecified atom stereocenters. The number of nitrogens with one attached hydrogen (secondary N) is 3. The first kappa shape index (κ1) is 34.2. The van der Waals surface area contributed by atoms with E-state index in [9.17, 15) is 0 Å². The zero-order valence-electron chi connectivity index (χ0n) is 26.9. The molecule has 4 heterocycles. The van der Waals surface area contributed by atoms with Gasteiger partial charge in [0.1, 0.15) is 35.7 Å². The molecule has 45 heavy (non-hydrogen) atoms. The van der Waals surface area contributed by atoms with Gasteiger partial charge in [-0.05, 0) is 63.1 Å². The summed E-state index contributed by atoms with van der Waals surface area (Å²) in [5.74, 6) is 2.55. The normalized spacial score (nSPS) is 16.7. The molecule has 0 amide bonds. The summed E-state index contributed by atoms with van der Waals surface area (Å²) in [5, 5.41) is 10.7. The van der Waals surface area contributed by atoms with Gasteiger partial charge in [0.15, 0.2) is 0 Å². The third kappa shape index (κ3) is 12.7. The van der Waals surface area contributed by atoms with E-state index >= 15 is 0 Å². The van der Waals surface area contributed by atoms with Crippen LogP contribution in [0.2, 0.25) is 5.15 Å². The molecule has 240 valence electrons. The molecule has 2 aromatic heterocycles. The van der Waals surface area contributed by atoms with Crippen molar-refractivity contribution in [3.05, 3.63) is 114 Å². The molecule has 2 aliphatic heterocycles. The van der Waals surface area contributed by atoms with Gasteiger partial charge in [-0.15, -0.1) is 0 Å². The van der Waals surface area contributed by atoms with Crippen LogP contribution < -0.4 is 30.3 Å². The Morgan fingerprint density at radius 1 is 0.689 bits per heavy atom. The maximum atomic E-state index is 5.78. The topological polar surface area (TPSA) is 83.6 Å². The number of ether oxygens (including phenoxy) is 2. The monoisotopic (exact) mass is 630 g/mol. The van der Waals surface area contributed by atoms with Crippen molar-refractivity contribution in [1.82, 2.24) is 25.9 Å². The Hall–Kier alpha value is -3.69. The first-order valence-corrected chi connectivity index (χ1v) is 15.9. The molecule has 0 radical (unpaired) electrons. The number of hydrogen-bond acceptors (Lipinski definition) is 8. The molecule has 0 saturated carbocycles. The standard InChI is InChI=1S/C18H23N3O.C12H10ClNO.C6H14N2/c1-18(2)14-21(11-10-20-18)17-9-8-16(12-19-17)22-13-15-6-4-3-5-7-15;13-12-7-6-11(8-14-12)15-9-10-4-2-1-3-5-10;1-6(2)5-7-3-4-8-6/h3-9,12,20H,10-11,13-14H2,1-2H3;1-8H,9H2;7-8H,3-5H2,1-2H3. The highest BCUT2D eigenvalue weighted by Gasteiger charge is 2.26. The molecule has 6 rings (SSSR count). The average molecular weight is 631 g/mol. The molecule has 2 fully saturated rings. The molecule has 4 aromatic rings. The van der Waals surface area contributed by atoms with Gasteiger partial charge in [0, 0.05) is 50.3 Å². The van der Waals surface area contributed by atoms with Crippen LogP contribution in [0.1, 0.15) is 38.8 Å². The fourth-order valence-electron chi connectivity index (χ4n) is 4.86. The van der Waals surface area contributed by atoms with Crippen LogP contribution in [-0.4, -0.2) is 60.3 Å². The Bertz CT molecular complexity index is 1380. The van der Waals surface area contributed by atoms with Gasteiger partial charge in [0.25, 0.3) is 0 Å². The van der Waals surface area contributed by atoms with Crippen LogP contribution in [0.25, 0.3) is 0 Å². The molecule has 0 bridgehead atoms. The predicted molar refractivity (Wildman–Crippen MR) is 184 cm³/mol. The fraction of sp³-hybridized carbons (Fsp3) is 0.389. The number of hydrogen-bond donors (Lipinski definition) is 3. The lowest BCUT2D eigenvalue weighted by Crippen LogP contribution is -2.57. The van der Waals surface area contributed by atoms with Gasteiger partial charge in [0.2, 0.25) is 0 Å². The lowest BCUT2D eigenvalue weighted by atomic mass is 10.0. The molecular formula is C36H47ClN6O2. The minimum Gasteiger partial charge on any atom is -0.487 e. The van der Waals surface area contributed by atoms with E-state index in [2.05, 4.69) is 70.6 Å². The van der Waals surface area contributed by atoms with Crippen molar-refractivity contribution in [3.63, 3.8) is 0 Å². The summed E-state index contributed by atoms with van der Waals surface area (Å²) < 4.78 is 11.3. The first-order valence-electron chi connectivity index (χ1n) is 15.5. The van der Waals surface area contributed by atoms with E-state index in [-0.39, 0.29) is 5.54 Å². The Morgan fingerprint density at radius 2 is 1.27 bits per heavy atom. The van der Waals surface area contributed by atoms with E-state index in [1.54, 1.807) is 18.3 Å². The van der Waals surface area contributed by atoms with E-state index in [1.807, 2.05) is 66.9 Å². The second kappa shape index (κ2) is 17.1. The second-order valence-corrected chi connectivity index (χ2v) is 12.8. The van der Waals surface area contributed by atoms with Gasteiger partial charge in [-0.1, -0.05) is 72.3 Å². The van der Waals surface area contributed by atoms with Crippen LogP contribution in [0, 0.1) is 0 Å². The van der Waals surface area contributed by atoms with E-state index < -0.39 is 0 Å². The molecule has 0 spiro atoms. The molecule has 2 saturated heterocycles. The van der Waals surface area contributed by atoms with E-state index in [0.717, 1.165) is 67.7 Å². The van der Waals surface area contributed by atoms with E-state index in [1.165, 1.54) is 0 Å². The van der Waals surface area contributed by atoms with Crippen LogP contribution in [0.4, 0.5) is 5.82 Å². The largest absolute Gasteiger partial charge is 0.487 e. The van der Waals surface area contributed by atoms with Crippen LogP contribution in [0.3, 0.4) is 0 Å². The maximum absolute atomic E-state index is 5.78. The van der Waals surface area contributed by atoms with Crippen molar-refractivity contribution in [1.29, 1.82) is 0 Å². The molecule has 0 aliphatic carbocycles. The first-order chi connectivity index (χ1) is 21.7. The fourth-order valence-corrected chi connectivity index (χ4v) is 4.98. The lowest BCUT2D eigenvalue weighted by Gasteiger charge is -2.39. The van der Waals surface area contributed by atoms with Crippen molar-refractivity contribution in [2.24, 2.45) is 0 Å². The van der Waals surface area contributed by atoms with Crippen molar-refractivity contribution in [2.45, 2.75) is 52.0 Å². The number of pyridine rings is 2. The number of anilines is 1. The van der Waals surface area contributed by atoms with Crippen molar-refractivity contribution in [3.8, 4) is 11.5 Å². The van der Waals surface area contributed by atoms with Gasteiger partial charge in [-0.2, -0.15) is 0 Å². The van der Waals surface area contributed by atoms with E-state index in [4.69, 9.17) is 21.1 Å². The number of halogens is 1. The molecule has 0 atom stereocenters. The number of piperazine rings is 2. The molecular weight excluding hydrogens is 584 g/mol. The summed E-state index contributed by atoms with van der Waals surface area (Å²) in [4.78, 5) is 10.8. The third-order valence-electron chi connectivity index (χ3n) is 7.29. The molecule has 3 N–H and O–H groups in total. The lowest BCUT2D eigenvalue weighted by molar-refractivity contribution is 0.304. The van der Waals surface area contributed by atoms with Crippen LogP contribution in [0.15, 0.2) is 97.3 Å². The molecule has 9 heteroatoms. The third-order valence-corrected chi connectivity index (χ3v) is 7.51. The minimum absolute atomic E-state index is 0.127. The summed E-state index contributed by atoms with van der Waals surface area (Å²) in [6, 6.07) is 27.7. The number of rotatable bonds is 7. The maximum Gasteiger partial charge on any atom is 0.138 e. The smallest absolute Gasteiger partial charge is 0.138 e. The Morgan fingerprint density at radius 3 is 1.71 bits per heavy atom. The Kier molecular flexibility index (Phi) is 13.0. The Balaban J connectivity index is 0.000000172. The number of benzene rings is 2. The van der Waals surface area contributed by atoms with Gasteiger partial charge >= 0.3 is 0 Å². The summed E-state index contributed by atoms with van der Waals surface area (Å²) in [7, 11) is 0. The van der Waals surface area contributed by atoms with Gasteiger partial charge in [-0.25, -0.2) is 9.97 Å². The average Bonchev–Trinajstić information content (AvgIpc) is 3.05. The molecule has 2 aliphatic rings. The molecule has 8 nitrogen and oxygen atoms in total. The molecule has 2 aromatic carbocycles. The zero-order valence-corrected chi connectivity index (χ0v) is 27.7. The second-order valence-electron chi connectivity index (χ2n) is 12.4. The highest BCUT2D eigenvalue weighted by molar-refractivity contribution is 6.29. The van der Waals surface area contributed by atoms with Crippen molar-refractivity contribution in [2.75, 3.05) is 44.2 Å². The van der Waals surface area contributed by atoms with Gasteiger partial charge in [-0.3, -0.25) is 0 Å². The van der Waals surface area contributed by atoms with Gasteiger partial charge < -0.3 is 30.3 Å². The van der Waals surface area contributed by atoms with Gasteiger partial charge in [0.05, 0.1) is 12.4 Å². The summed E-state index contributed by atoms with van der Waals surface area (Å²) in [6.45, 7) is 16.2. The SMILES string of the molecule is CC1(C)CN(c2ccc(OCc3ccccc3)cn2)CCN1.CC1(C)CNCCN1.Clc1ccc(OCc2ccccc2)cn1. The quantitative estimate of drug-likeness (QED) is 0.211. The zero-order chi connectivity index (χ0) is 32.0. The van der Waals surface area contributed by atoms with Crippen molar-refractivity contribution < 1.29 is 9.47 Å².